The fourth-order valence-corrected chi connectivity index (χ4v) is 3.16. The van der Waals surface area contributed by atoms with E-state index in [9.17, 15) is 4.79 Å². The van der Waals surface area contributed by atoms with E-state index in [2.05, 4.69) is 34.3 Å². The molecule has 0 saturated carbocycles. The van der Waals surface area contributed by atoms with Crippen LogP contribution in [-0.4, -0.2) is 55.5 Å². The van der Waals surface area contributed by atoms with Gasteiger partial charge in [0, 0.05) is 38.8 Å². The maximum Gasteiger partial charge on any atom is 0.244 e. The number of likely N-dealkylation sites (N-methyl/N-ethyl adjacent to an activating group) is 1. The van der Waals surface area contributed by atoms with Crippen molar-refractivity contribution < 1.29 is 4.79 Å². The number of amides is 1. The van der Waals surface area contributed by atoms with Gasteiger partial charge in [0.15, 0.2) is 0 Å². The number of piperazine rings is 1. The van der Waals surface area contributed by atoms with Gasteiger partial charge in [-0.2, -0.15) is 0 Å². The molecule has 1 atom stereocenters. The Kier molecular flexibility index (Phi) is 6.58. The Morgan fingerprint density at radius 1 is 1.00 bits per heavy atom. The number of carbonyl (C=O) groups is 1. The molecule has 0 radical (unpaired) electrons. The zero-order valence-corrected chi connectivity index (χ0v) is 15.3. The van der Waals surface area contributed by atoms with Gasteiger partial charge >= 0.3 is 0 Å². The molecule has 4 heteroatoms. The number of carbonyl (C=O) groups excluding carboxylic acids is 1. The molecule has 0 bridgehead atoms. The third-order valence-corrected chi connectivity index (χ3v) is 4.78. The van der Waals surface area contributed by atoms with Gasteiger partial charge < -0.3 is 10.2 Å². The third kappa shape index (κ3) is 5.55. The molecular formula is C22H27N3O. The van der Waals surface area contributed by atoms with Gasteiger partial charge in [-0.15, -0.1) is 0 Å². The van der Waals surface area contributed by atoms with Gasteiger partial charge in [0.2, 0.25) is 5.91 Å². The summed E-state index contributed by atoms with van der Waals surface area (Å²) < 4.78 is 0. The molecule has 4 nitrogen and oxygen atoms in total. The van der Waals surface area contributed by atoms with Gasteiger partial charge in [-0.3, -0.25) is 9.69 Å². The smallest absolute Gasteiger partial charge is 0.244 e. The number of nitrogens with zero attached hydrogens (tertiary/aromatic N) is 2. The van der Waals surface area contributed by atoms with Crippen LogP contribution in [0, 0.1) is 0 Å². The van der Waals surface area contributed by atoms with E-state index in [0.29, 0.717) is 0 Å². The van der Waals surface area contributed by atoms with E-state index in [1.165, 1.54) is 0 Å². The Bertz CT molecular complexity index is 707. The fraction of sp³-hybridized carbons (Fsp3) is 0.318. The van der Waals surface area contributed by atoms with Crippen LogP contribution < -0.4 is 5.32 Å². The van der Waals surface area contributed by atoms with E-state index >= 15 is 0 Å². The van der Waals surface area contributed by atoms with Crippen LogP contribution in [0.4, 0.5) is 0 Å². The van der Waals surface area contributed by atoms with Gasteiger partial charge in [-0.1, -0.05) is 60.7 Å². The molecule has 0 aromatic heterocycles. The maximum atomic E-state index is 12.5. The molecule has 1 N–H and O–H groups in total. The van der Waals surface area contributed by atoms with Crippen molar-refractivity contribution in [3.63, 3.8) is 0 Å². The molecule has 2 aromatic rings. The molecule has 1 aliphatic rings. The van der Waals surface area contributed by atoms with Crippen molar-refractivity contribution in [2.45, 2.75) is 6.04 Å². The standard InChI is InChI=1S/C22H27N3O/c1-24-14-16-25(17-15-24)18-21(20-10-6-3-7-11-20)23-22(26)13-12-19-8-4-2-5-9-19/h2-13,21H,14-18H2,1H3,(H,23,26). The monoisotopic (exact) mass is 349 g/mol. The molecule has 136 valence electrons. The predicted octanol–water partition coefficient (Wildman–Crippen LogP) is 2.80. The molecule has 1 amide bonds. The summed E-state index contributed by atoms with van der Waals surface area (Å²) in [6.45, 7) is 5.06. The molecule has 1 aliphatic heterocycles. The second-order valence-electron chi connectivity index (χ2n) is 6.82. The van der Waals surface area contributed by atoms with Gasteiger partial charge in [0.25, 0.3) is 0 Å². The molecule has 1 unspecified atom stereocenters. The average Bonchev–Trinajstić information content (AvgIpc) is 2.69. The number of hydrogen-bond donors (Lipinski definition) is 1. The Balaban J connectivity index is 1.65. The van der Waals surface area contributed by atoms with Gasteiger partial charge in [-0.25, -0.2) is 0 Å². The summed E-state index contributed by atoms with van der Waals surface area (Å²) >= 11 is 0. The van der Waals surface area contributed by atoms with E-state index in [0.717, 1.165) is 43.9 Å². The second kappa shape index (κ2) is 9.32. The minimum absolute atomic E-state index is 0.00692. The largest absolute Gasteiger partial charge is 0.344 e. The minimum atomic E-state index is -0.0585. The molecule has 0 spiro atoms. The van der Waals surface area contributed by atoms with E-state index < -0.39 is 0 Å². The summed E-state index contributed by atoms with van der Waals surface area (Å²) in [4.78, 5) is 17.2. The topological polar surface area (TPSA) is 35.6 Å². The summed E-state index contributed by atoms with van der Waals surface area (Å²) in [6, 6.07) is 20.1. The predicted molar refractivity (Wildman–Crippen MR) is 107 cm³/mol. The lowest BCUT2D eigenvalue weighted by atomic mass is 10.1. The third-order valence-electron chi connectivity index (χ3n) is 4.78. The second-order valence-corrected chi connectivity index (χ2v) is 6.82. The minimum Gasteiger partial charge on any atom is -0.344 e. The van der Waals surface area contributed by atoms with Crippen molar-refractivity contribution in [2.24, 2.45) is 0 Å². The molecule has 1 saturated heterocycles. The zero-order chi connectivity index (χ0) is 18.2. The normalized spacial score (nSPS) is 17.3. The molecule has 3 rings (SSSR count). The van der Waals surface area contributed by atoms with Gasteiger partial charge in [0.1, 0.15) is 0 Å². The first kappa shape index (κ1) is 18.4. The molecule has 2 aromatic carbocycles. The van der Waals surface area contributed by atoms with Crippen LogP contribution in [-0.2, 0) is 4.79 Å². The highest BCUT2D eigenvalue weighted by Crippen LogP contribution is 2.15. The Hall–Kier alpha value is -2.43. The zero-order valence-electron chi connectivity index (χ0n) is 15.3. The van der Waals surface area contributed by atoms with Crippen LogP contribution in [0.1, 0.15) is 17.2 Å². The average molecular weight is 349 g/mol. The van der Waals surface area contributed by atoms with Crippen molar-refractivity contribution >= 4 is 12.0 Å². The molecule has 1 heterocycles. The summed E-state index contributed by atoms with van der Waals surface area (Å²) in [5, 5.41) is 3.18. The molecular weight excluding hydrogens is 322 g/mol. The lowest BCUT2D eigenvalue weighted by Gasteiger charge is -2.34. The number of nitrogens with one attached hydrogen (secondary N) is 1. The first-order valence-electron chi connectivity index (χ1n) is 9.20. The number of hydrogen-bond acceptors (Lipinski definition) is 3. The Morgan fingerprint density at radius 3 is 2.27 bits per heavy atom. The van der Waals surface area contributed by atoms with Crippen molar-refractivity contribution in [3.8, 4) is 0 Å². The quantitative estimate of drug-likeness (QED) is 0.815. The van der Waals surface area contributed by atoms with Crippen molar-refractivity contribution in [1.29, 1.82) is 0 Å². The first-order valence-corrected chi connectivity index (χ1v) is 9.20. The SMILES string of the molecule is CN1CCN(CC(NC(=O)C=Cc2ccccc2)c2ccccc2)CC1. The summed E-state index contributed by atoms with van der Waals surface area (Å²) in [5.41, 5.74) is 2.17. The van der Waals surface area contributed by atoms with Gasteiger partial charge in [-0.05, 0) is 24.3 Å². The van der Waals surface area contributed by atoms with Crippen molar-refractivity contribution in [2.75, 3.05) is 39.8 Å². The van der Waals surface area contributed by atoms with E-state index in [4.69, 9.17) is 0 Å². The first-order chi connectivity index (χ1) is 12.7. The lowest BCUT2D eigenvalue weighted by molar-refractivity contribution is -0.117. The number of benzene rings is 2. The maximum absolute atomic E-state index is 12.5. The summed E-state index contributed by atoms with van der Waals surface area (Å²) in [7, 11) is 2.15. The number of rotatable bonds is 6. The van der Waals surface area contributed by atoms with Crippen LogP contribution in [0.5, 0.6) is 0 Å². The van der Waals surface area contributed by atoms with Crippen LogP contribution in [0.25, 0.3) is 6.08 Å². The van der Waals surface area contributed by atoms with Crippen LogP contribution >= 0.6 is 0 Å². The molecule has 0 aliphatic carbocycles. The summed E-state index contributed by atoms with van der Waals surface area (Å²) in [6.07, 6.45) is 3.47. The van der Waals surface area contributed by atoms with E-state index in [-0.39, 0.29) is 11.9 Å². The van der Waals surface area contributed by atoms with Gasteiger partial charge in [0.05, 0.1) is 6.04 Å². The fourth-order valence-electron chi connectivity index (χ4n) is 3.16. The van der Waals surface area contributed by atoms with Crippen LogP contribution in [0.15, 0.2) is 66.7 Å². The van der Waals surface area contributed by atoms with E-state index in [1.54, 1.807) is 6.08 Å². The Labute approximate surface area is 156 Å². The molecule has 26 heavy (non-hydrogen) atoms. The Morgan fingerprint density at radius 2 is 1.62 bits per heavy atom. The van der Waals surface area contributed by atoms with Crippen molar-refractivity contribution in [1.82, 2.24) is 15.1 Å². The summed E-state index contributed by atoms with van der Waals surface area (Å²) in [5.74, 6) is -0.0585. The highest BCUT2D eigenvalue weighted by molar-refractivity contribution is 5.92. The highest BCUT2D eigenvalue weighted by atomic mass is 16.1. The lowest BCUT2D eigenvalue weighted by Crippen LogP contribution is -2.47. The van der Waals surface area contributed by atoms with E-state index in [1.807, 2.05) is 54.6 Å². The van der Waals surface area contributed by atoms with Crippen LogP contribution in [0.2, 0.25) is 0 Å². The molecule has 1 fully saturated rings. The van der Waals surface area contributed by atoms with Crippen molar-refractivity contribution in [3.05, 3.63) is 77.9 Å². The highest BCUT2D eigenvalue weighted by Gasteiger charge is 2.20. The van der Waals surface area contributed by atoms with Crippen LogP contribution in [0.3, 0.4) is 0 Å².